The summed E-state index contributed by atoms with van der Waals surface area (Å²) in [5, 5.41) is 13.2. The quantitative estimate of drug-likeness (QED) is 0.706. The fraction of sp³-hybridized carbons (Fsp3) is 0.300. The van der Waals surface area contributed by atoms with Crippen molar-refractivity contribution in [2.75, 3.05) is 0 Å². The van der Waals surface area contributed by atoms with E-state index in [1.165, 1.54) is 0 Å². The van der Waals surface area contributed by atoms with Gasteiger partial charge >= 0.3 is 0 Å². The highest BCUT2D eigenvalue weighted by atomic mass is 16.7. The molecule has 0 unspecified atom stereocenters. The molecule has 2 rings (SSSR count). The van der Waals surface area contributed by atoms with Crippen LogP contribution in [-0.4, -0.2) is 17.1 Å². The van der Waals surface area contributed by atoms with Crippen LogP contribution in [0.15, 0.2) is 35.5 Å². The van der Waals surface area contributed by atoms with Crippen LogP contribution in [0.25, 0.3) is 0 Å². The fourth-order valence-corrected chi connectivity index (χ4v) is 1.53. The van der Waals surface area contributed by atoms with Gasteiger partial charge in [0.15, 0.2) is 0 Å². The Bertz CT molecular complexity index is 321. The average Bonchev–Trinajstić information content (AvgIpc) is 2.48. The van der Waals surface area contributed by atoms with E-state index in [2.05, 4.69) is 5.16 Å². The molecule has 0 aromatic heterocycles. The molecule has 1 aliphatic rings. The second-order valence-corrected chi connectivity index (χ2v) is 3.12. The van der Waals surface area contributed by atoms with Gasteiger partial charge in [0.2, 0.25) is 6.29 Å². The summed E-state index contributed by atoms with van der Waals surface area (Å²) < 4.78 is 0. The van der Waals surface area contributed by atoms with Crippen molar-refractivity contribution >= 4 is 5.71 Å². The van der Waals surface area contributed by atoms with E-state index in [-0.39, 0.29) is 5.92 Å². The molecule has 3 nitrogen and oxygen atoms in total. The van der Waals surface area contributed by atoms with Crippen LogP contribution in [0.5, 0.6) is 0 Å². The molecule has 0 amide bonds. The first-order valence-electron chi connectivity index (χ1n) is 4.22. The van der Waals surface area contributed by atoms with Crippen molar-refractivity contribution in [2.45, 2.75) is 19.1 Å². The number of oxime groups is 1. The highest BCUT2D eigenvalue weighted by Crippen LogP contribution is 2.27. The van der Waals surface area contributed by atoms with Gasteiger partial charge < -0.3 is 9.94 Å². The molecule has 0 saturated heterocycles. The molecule has 1 aliphatic heterocycles. The number of hydrogen-bond acceptors (Lipinski definition) is 3. The first-order valence-corrected chi connectivity index (χ1v) is 4.22. The topological polar surface area (TPSA) is 41.8 Å². The number of aliphatic hydroxyl groups excluding tert-OH is 1. The van der Waals surface area contributed by atoms with Crippen molar-refractivity contribution in [3.8, 4) is 0 Å². The van der Waals surface area contributed by atoms with Crippen molar-refractivity contribution in [1.29, 1.82) is 0 Å². The summed E-state index contributed by atoms with van der Waals surface area (Å²) in [6, 6.07) is 9.74. The predicted octanol–water partition coefficient (Wildman–Crippen LogP) is 1.49. The molecular formula is C10H11NO2. The van der Waals surface area contributed by atoms with Crippen LogP contribution in [0.2, 0.25) is 0 Å². The van der Waals surface area contributed by atoms with Gasteiger partial charge in [0.25, 0.3) is 0 Å². The normalized spacial score (nSPS) is 26.8. The molecule has 0 saturated carbocycles. The number of nitrogens with zero attached hydrogens (tertiary/aromatic N) is 1. The molecule has 0 aliphatic carbocycles. The third kappa shape index (κ3) is 1.42. The van der Waals surface area contributed by atoms with Crippen molar-refractivity contribution in [1.82, 2.24) is 0 Å². The molecule has 13 heavy (non-hydrogen) atoms. The molecule has 68 valence electrons. The standard InChI is InChI=1S/C10H11NO2/c1-7-9(10(12)13-11-7)8-5-3-2-4-6-8/h2-6,9-10,12H,1H3/t9-,10+/m1/s1. The van der Waals surface area contributed by atoms with Crippen LogP contribution in [-0.2, 0) is 4.84 Å². The number of benzene rings is 1. The molecule has 1 aromatic carbocycles. The van der Waals surface area contributed by atoms with E-state index in [0.29, 0.717) is 0 Å². The molecule has 2 atom stereocenters. The maximum absolute atomic E-state index is 9.48. The van der Waals surface area contributed by atoms with E-state index >= 15 is 0 Å². The van der Waals surface area contributed by atoms with Crippen LogP contribution in [0.3, 0.4) is 0 Å². The largest absolute Gasteiger partial charge is 0.363 e. The van der Waals surface area contributed by atoms with Gasteiger partial charge in [0, 0.05) is 0 Å². The van der Waals surface area contributed by atoms with Crippen molar-refractivity contribution in [2.24, 2.45) is 5.16 Å². The lowest BCUT2D eigenvalue weighted by atomic mass is 9.95. The van der Waals surface area contributed by atoms with Crippen molar-refractivity contribution in [3.05, 3.63) is 35.9 Å². The van der Waals surface area contributed by atoms with Crippen LogP contribution < -0.4 is 0 Å². The summed E-state index contributed by atoms with van der Waals surface area (Å²) in [6.45, 7) is 1.86. The fourth-order valence-electron chi connectivity index (χ4n) is 1.53. The zero-order valence-electron chi connectivity index (χ0n) is 7.34. The van der Waals surface area contributed by atoms with Gasteiger partial charge in [-0.1, -0.05) is 35.5 Å². The molecular weight excluding hydrogens is 166 g/mol. The minimum Gasteiger partial charge on any atom is -0.363 e. The number of hydrogen-bond donors (Lipinski definition) is 1. The molecule has 0 spiro atoms. The first-order chi connectivity index (χ1) is 6.29. The SMILES string of the molecule is CC1=NO[C@H](O)[C@H]1c1ccccc1. The monoisotopic (exact) mass is 177 g/mol. The highest BCUT2D eigenvalue weighted by Gasteiger charge is 2.30. The second-order valence-electron chi connectivity index (χ2n) is 3.12. The smallest absolute Gasteiger partial charge is 0.236 e. The maximum atomic E-state index is 9.48. The van der Waals surface area contributed by atoms with Gasteiger partial charge in [-0.3, -0.25) is 0 Å². The van der Waals surface area contributed by atoms with Gasteiger partial charge in [-0.05, 0) is 12.5 Å². The third-order valence-corrected chi connectivity index (χ3v) is 2.20. The lowest BCUT2D eigenvalue weighted by molar-refractivity contribution is -0.0853. The molecule has 0 bridgehead atoms. The molecule has 3 heteroatoms. The van der Waals surface area contributed by atoms with Crippen LogP contribution >= 0.6 is 0 Å². The Kier molecular flexibility index (Phi) is 2.02. The van der Waals surface area contributed by atoms with Gasteiger partial charge in [-0.15, -0.1) is 0 Å². The molecule has 1 heterocycles. The lowest BCUT2D eigenvalue weighted by Crippen LogP contribution is -2.18. The second kappa shape index (κ2) is 3.18. The summed E-state index contributed by atoms with van der Waals surface area (Å²) >= 11 is 0. The van der Waals surface area contributed by atoms with Gasteiger partial charge in [-0.25, -0.2) is 0 Å². The van der Waals surface area contributed by atoms with E-state index in [9.17, 15) is 5.11 Å². The molecule has 1 N–H and O–H groups in total. The number of aliphatic hydroxyl groups is 1. The van der Waals surface area contributed by atoms with Crippen molar-refractivity contribution < 1.29 is 9.94 Å². The summed E-state index contributed by atoms with van der Waals surface area (Å²) in [4.78, 5) is 4.78. The van der Waals surface area contributed by atoms with E-state index in [1.807, 2.05) is 37.3 Å². The van der Waals surface area contributed by atoms with Crippen LogP contribution in [0, 0.1) is 0 Å². The van der Waals surface area contributed by atoms with E-state index in [0.717, 1.165) is 11.3 Å². The summed E-state index contributed by atoms with van der Waals surface area (Å²) in [6.07, 6.45) is -0.831. The predicted molar refractivity (Wildman–Crippen MR) is 49.4 cm³/mol. The highest BCUT2D eigenvalue weighted by molar-refractivity contribution is 5.89. The van der Waals surface area contributed by atoms with E-state index in [4.69, 9.17) is 4.84 Å². The molecule has 1 aromatic rings. The Morgan fingerprint density at radius 2 is 2.00 bits per heavy atom. The Balaban J connectivity index is 2.31. The first kappa shape index (κ1) is 8.26. The van der Waals surface area contributed by atoms with Gasteiger partial charge in [0.05, 0.1) is 11.6 Å². The molecule has 0 fully saturated rings. The van der Waals surface area contributed by atoms with Crippen LogP contribution in [0.4, 0.5) is 0 Å². The van der Waals surface area contributed by atoms with Crippen LogP contribution in [0.1, 0.15) is 18.4 Å². The molecule has 0 radical (unpaired) electrons. The summed E-state index contributed by atoms with van der Waals surface area (Å²) in [5.74, 6) is -0.110. The Hall–Kier alpha value is -1.35. The summed E-state index contributed by atoms with van der Waals surface area (Å²) in [5.41, 5.74) is 1.85. The zero-order valence-corrected chi connectivity index (χ0v) is 7.34. The van der Waals surface area contributed by atoms with E-state index < -0.39 is 6.29 Å². The van der Waals surface area contributed by atoms with E-state index in [1.54, 1.807) is 0 Å². The Labute approximate surface area is 76.6 Å². The number of rotatable bonds is 1. The zero-order chi connectivity index (χ0) is 9.26. The third-order valence-electron chi connectivity index (χ3n) is 2.20. The maximum Gasteiger partial charge on any atom is 0.236 e. The lowest BCUT2D eigenvalue weighted by Gasteiger charge is -2.12. The Morgan fingerprint density at radius 1 is 1.31 bits per heavy atom. The summed E-state index contributed by atoms with van der Waals surface area (Å²) in [7, 11) is 0. The van der Waals surface area contributed by atoms with Gasteiger partial charge in [0.1, 0.15) is 0 Å². The minimum atomic E-state index is -0.831. The van der Waals surface area contributed by atoms with Crippen molar-refractivity contribution in [3.63, 3.8) is 0 Å². The average molecular weight is 177 g/mol. The van der Waals surface area contributed by atoms with Gasteiger partial charge in [-0.2, -0.15) is 0 Å². The minimum absolute atomic E-state index is 0.110. The Morgan fingerprint density at radius 3 is 2.54 bits per heavy atom.